The van der Waals surface area contributed by atoms with Crippen molar-refractivity contribution in [1.29, 1.82) is 0 Å². The van der Waals surface area contributed by atoms with E-state index in [0.29, 0.717) is 18.0 Å². The van der Waals surface area contributed by atoms with Crippen LogP contribution in [0, 0.1) is 10.1 Å². The minimum Gasteiger partial charge on any atom is -0.449 e. The summed E-state index contributed by atoms with van der Waals surface area (Å²) in [4.78, 5) is 38.2. The lowest BCUT2D eigenvalue weighted by molar-refractivity contribution is -0.385. The Morgan fingerprint density at radius 1 is 1.21 bits per heavy atom. The quantitative estimate of drug-likeness (QED) is 0.331. The topological polar surface area (TPSA) is 89.7 Å². The molecule has 1 aliphatic heterocycles. The van der Waals surface area contributed by atoms with Crippen LogP contribution in [0.2, 0.25) is 0 Å². The number of esters is 1. The van der Waals surface area contributed by atoms with Crippen LogP contribution < -0.4 is 0 Å². The Kier molecular flexibility index (Phi) is 5.99. The summed E-state index contributed by atoms with van der Waals surface area (Å²) >= 11 is 1.36. The van der Waals surface area contributed by atoms with Gasteiger partial charge in [0.15, 0.2) is 6.10 Å². The summed E-state index contributed by atoms with van der Waals surface area (Å²) in [6, 6.07) is 12.2. The monoisotopic (exact) mass is 400 g/mol. The summed E-state index contributed by atoms with van der Waals surface area (Å²) in [7, 11) is 0. The highest BCUT2D eigenvalue weighted by Crippen LogP contribution is 2.26. The zero-order valence-electron chi connectivity index (χ0n) is 15.6. The molecule has 0 radical (unpaired) electrons. The first kappa shape index (κ1) is 19.9. The minimum absolute atomic E-state index is 0.152. The molecule has 3 rings (SSSR count). The van der Waals surface area contributed by atoms with Crippen LogP contribution in [0.5, 0.6) is 0 Å². The predicted octanol–water partition coefficient (Wildman–Crippen LogP) is 3.45. The first-order chi connectivity index (χ1) is 13.4. The van der Waals surface area contributed by atoms with E-state index in [2.05, 4.69) is 0 Å². The Morgan fingerprint density at radius 3 is 2.61 bits per heavy atom. The summed E-state index contributed by atoms with van der Waals surface area (Å²) in [6.45, 7) is 2.49. The Bertz CT molecular complexity index is 931. The number of rotatable bonds is 5. The van der Waals surface area contributed by atoms with Gasteiger partial charge in [0.25, 0.3) is 11.6 Å². The van der Waals surface area contributed by atoms with Crippen LogP contribution in [0.4, 0.5) is 5.69 Å². The molecule has 1 amide bonds. The lowest BCUT2D eigenvalue weighted by atomic mass is 9.99. The van der Waals surface area contributed by atoms with Gasteiger partial charge in [0.05, 0.1) is 4.92 Å². The number of nitrogens with zero attached hydrogens (tertiary/aromatic N) is 2. The van der Waals surface area contributed by atoms with Crippen LogP contribution in [0.25, 0.3) is 0 Å². The van der Waals surface area contributed by atoms with E-state index in [0.717, 1.165) is 12.0 Å². The van der Waals surface area contributed by atoms with Crippen LogP contribution in [-0.2, 0) is 22.5 Å². The smallest absolute Gasteiger partial charge is 0.345 e. The van der Waals surface area contributed by atoms with Crippen LogP contribution >= 0.6 is 11.8 Å². The van der Waals surface area contributed by atoms with E-state index >= 15 is 0 Å². The van der Waals surface area contributed by atoms with E-state index in [4.69, 9.17) is 4.74 Å². The van der Waals surface area contributed by atoms with Gasteiger partial charge in [-0.2, -0.15) is 0 Å². The minimum atomic E-state index is -1.03. The summed E-state index contributed by atoms with van der Waals surface area (Å²) in [5.74, 6) is -1.19. The van der Waals surface area contributed by atoms with Gasteiger partial charge in [-0.05, 0) is 42.9 Å². The van der Waals surface area contributed by atoms with Gasteiger partial charge in [0.1, 0.15) is 5.56 Å². The average molecular weight is 400 g/mol. The molecule has 0 aromatic heterocycles. The molecule has 8 heteroatoms. The number of thioether (sulfide) groups is 1. The van der Waals surface area contributed by atoms with E-state index in [1.165, 1.54) is 36.4 Å². The molecular weight excluding hydrogens is 380 g/mol. The Balaban J connectivity index is 1.72. The largest absolute Gasteiger partial charge is 0.449 e. The molecule has 28 heavy (non-hydrogen) atoms. The van der Waals surface area contributed by atoms with Gasteiger partial charge < -0.3 is 9.64 Å². The SMILES string of the molecule is CSc1ccc([N+](=O)[O-])c(C(=O)OC(C)C(=O)N2CCc3ccccc3C2)c1. The molecule has 1 heterocycles. The van der Waals surface area contributed by atoms with Crippen molar-refractivity contribution < 1.29 is 19.2 Å². The fourth-order valence-electron chi connectivity index (χ4n) is 3.18. The van der Waals surface area contributed by atoms with E-state index in [9.17, 15) is 19.7 Å². The third-order valence-corrected chi connectivity index (χ3v) is 5.42. The number of benzene rings is 2. The molecule has 2 aromatic carbocycles. The second-order valence-electron chi connectivity index (χ2n) is 6.47. The van der Waals surface area contributed by atoms with Gasteiger partial charge in [-0.15, -0.1) is 11.8 Å². The highest BCUT2D eigenvalue weighted by molar-refractivity contribution is 7.98. The number of amides is 1. The number of nitro groups is 1. The van der Waals surface area contributed by atoms with Gasteiger partial charge in [0.2, 0.25) is 0 Å². The maximum Gasteiger partial charge on any atom is 0.345 e. The molecule has 0 N–H and O–H groups in total. The third kappa shape index (κ3) is 4.17. The molecular formula is C20H20N2O5S. The predicted molar refractivity (Wildman–Crippen MR) is 105 cm³/mol. The van der Waals surface area contributed by atoms with Crippen molar-refractivity contribution >= 4 is 29.3 Å². The van der Waals surface area contributed by atoms with Gasteiger partial charge >= 0.3 is 5.97 Å². The average Bonchev–Trinajstić information content (AvgIpc) is 2.72. The number of ether oxygens (including phenoxy) is 1. The Hall–Kier alpha value is -2.87. The molecule has 1 atom stereocenters. The van der Waals surface area contributed by atoms with Crippen molar-refractivity contribution in [3.63, 3.8) is 0 Å². The molecule has 0 bridgehead atoms. The summed E-state index contributed by atoms with van der Waals surface area (Å²) in [5, 5.41) is 11.2. The summed E-state index contributed by atoms with van der Waals surface area (Å²) in [5.41, 5.74) is 1.79. The standard InChI is InChI=1S/C20H20N2O5S/c1-13(19(23)21-10-9-14-5-3-4-6-15(14)12-21)27-20(24)17-11-16(28-2)7-8-18(17)22(25)26/h3-8,11,13H,9-10,12H2,1-2H3. The third-order valence-electron chi connectivity index (χ3n) is 4.69. The fourth-order valence-corrected chi connectivity index (χ4v) is 3.62. The second-order valence-corrected chi connectivity index (χ2v) is 7.35. The molecule has 0 saturated heterocycles. The lowest BCUT2D eigenvalue weighted by Gasteiger charge is -2.30. The number of fused-ring (bicyclic) bond motifs is 1. The van der Waals surface area contributed by atoms with Crippen molar-refractivity contribution in [3.05, 3.63) is 69.3 Å². The second kappa shape index (κ2) is 8.43. The molecule has 0 fully saturated rings. The van der Waals surface area contributed by atoms with Crippen molar-refractivity contribution in [2.45, 2.75) is 30.9 Å². The van der Waals surface area contributed by atoms with E-state index in [1.54, 1.807) is 17.2 Å². The molecule has 0 saturated carbocycles. The highest BCUT2D eigenvalue weighted by Gasteiger charge is 2.29. The van der Waals surface area contributed by atoms with Gasteiger partial charge in [-0.1, -0.05) is 24.3 Å². The number of carbonyl (C=O) groups excluding carboxylic acids is 2. The molecule has 2 aromatic rings. The van der Waals surface area contributed by atoms with Crippen LogP contribution in [0.1, 0.15) is 28.4 Å². The van der Waals surface area contributed by atoms with Gasteiger partial charge in [0, 0.05) is 24.1 Å². The van der Waals surface area contributed by atoms with Crippen molar-refractivity contribution in [2.75, 3.05) is 12.8 Å². The molecule has 7 nitrogen and oxygen atoms in total. The molecule has 1 unspecified atom stereocenters. The van der Waals surface area contributed by atoms with Gasteiger partial charge in [-0.3, -0.25) is 14.9 Å². The van der Waals surface area contributed by atoms with E-state index in [-0.39, 0.29) is 17.2 Å². The lowest BCUT2D eigenvalue weighted by Crippen LogP contribution is -2.42. The molecule has 1 aliphatic rings. The Labute approximate surface area is 166 Å². The van der Waals surface area contributed by atoms with E-state index in [1.807, 2.05) is 24.3 Å². The normalized spacial score (nSPS) is 14.1. The molecule has 0 aliphatic carbocycles. The van der Waals surface area contributed by atoms with Crippen molar-refractivity contribution in [1.82, 2.24) is 4.90 Å². The first-order valence-electron chi connectivity index (χ1n) is 8.79. The number of hydrogen-bond acceptors (Lipinski definition) is 6. The zero-order chi connectivity index (χ0) is 20.3. The maximum absolute atomic E-state index is 12.7. The summed E-state index contributed by atoms with van der Waals surface area (Å²) < 4.78 is 5.29. The van der Waals surface area contributed by atoms with Gasteiger partial charge in [-0.25, -0.2) is 4.79 Å². The maximum atomic E-state index is 12.7. The number of nitro benzene ring substituents is 1. The van der Waals surface area contributed by atoms with Crippen LogP contribution in [0.3, 0.4) is 0 Å². The fraction of sp³-hybridized carbons (Fsp3) is 0.300. The van der Waals surface area contributed by atoms with Crippen LogP contribution in [-0.4, -0.2) is 40.6 Å². The number of hydrogen-bond donors (Lipinski definition) is 0. The summed E-state index contributed by atoms with van der Waals surface area (Å²) in [6.07, 6.45) is 1.51. The van der Waals surface area contributed by atoms with Crippen molar-refractivity contribution in [3.8, 4) is 0 Å². The number of carbonyl (C=O) groups is 2. The highest BCUT2D eigenvalue weighted by atomic mass is 32.2. The Morgan fingerprint density at radius 2 is 1.93 bits per heavy atom. The van der Waals surface area contributed by atoms with Crippen molar-refractivity contribution in [2.24, 2.45) is 0 Å². The first-order valence-corrected chi connectivity index (χ1v) is 10.0. The van der Waals surface area contributed by atoms with E-state index < -0.39 is 17.0 Å². The van der Waals surface area contributed by atoms with Crippen LogP contribution in [0.15, 0.2) is 47.4 Å². The molecule has 146 valence electrons. The molecule has 0 spiro atoms. The zero-order valence-corrected chi connectivity index (χ0v) is 16.4.